The molecule has 2 heterocycles. The fourth-order valence-corrected chi connectivity index (χ4v) is 4.21. The highest BCUT2D eigenvalue weighted by Crippen LogP contribution is 2.32. The number of aromatic nitrogens is 1. The van der Waals surface area contributed by atoms with Gasteiger partial charge in [0, 0.05) is 30.1 Å². The number of anilines is 2. The minimum Gasteiger partial charge on any atom is -0.336 e. The van der Waals surface area contributed by atoms with Crippen molar-refractivity contribution in [1.29, 1.82) is 0 Å². The summed E-state index contributed by atoms with van der Waals surface area (Å²) in [4.78, 5) is 22.4. The first-order valence-electron chi connectivity index (χ1n) is 7.29. The van der Waals surface area contributed by atoms with Crippen molar-refractivity contribution in [3.05, 3.63) is 35.8 Å². The van der Waals surface area contributed by atoms with Gasteiger partial charge in [-0.2, -0.15) is 0 Å². The minimum absolute atomic E-state index is 0.105. The number of hydrogen-bond acceptors (Lipinski definition) is 5. The monoisotopic (exact) mass is 333 g/mol. The van der Waals surface area contributed by atoms with Crippen LogP contribution in [0, 0.1) is 0 Å². The Labute approximate surface area is 139 Å². The van der Waals surface area contributed by atoms with Crippen LogP contribution in [0.1, 0.15) is 12.8 Å². The normalized spacial score (nSPS) is 17.7. The molecule has 0 bridgehead atoms. The molecule has 4 nitrogen and oxygen atoms in total. The summed E-state index contributed by atoms with van der Waals surface area (Å²) >= 11 is 3.26. The molecule has 6 heteroatoms. The minimum atomic E-state index is -0.105. The van der Waals surface area contributed by atoms with Gasteiger partial charge in [0.15, 0.2) is 5.13 Å². The van der Waals surface area contributed by atoms with Crippen molar-refractivity contribution in [3.63, 3.8) is 0 Å². The molecule has 0 radical (unpaired) electrons. The van der Waals surface area contributed by atoms with E-state index in [-0.39, 0.29) is 11.9 Å². The summed E-state index contributed by atoms with van der Waals surface area (Å²) in [7, 11) is 1.87. The van der Waals surface area contributed by atoms with E-state index in [1.807, 2.05) is 36.9 Å². The maximum Gasteiger partial charge on any atom is 0.249 e. The largest absolute Gasteiger partial charge is 0.336 e. The van der Waals surface area contributed by atoms with Crippen LogP contribution >= 0.6 is 23.1 Å². The van der Waals surface area contributed by atoms with Crippen molar-refractivity contribution in [2.75, 3.05) is 29.6 Å². The van der Waals surface area contributed by atoms with Gasteiger partial charge in [-0.1, -0.05) is 12.1 Å². The van der Waals surface area contributed by atoms with Crippen LogP contribution in [0.5, 0.6) is 0 Å². The molecule has 1 saturated heterocycles. The molecule has 1 atom stereocenters. The third-order valence-electron chi connectivity index (χ3n) is 3.98. The van der Waals surface area contributed by atoms with Crippen LogP contribution in [-0.2, 0) is 4.79 Å². The van der Waals surface area contributed by atoms with Crippen LogP contribution in [0.4, 0.5) is 10.8 Å². The highest BCUT2D eigenvalue weighted by Gasteiger charge is 2.34. The number of carbonyl (C=O) groups excluding carboxylic acids is 1. The van der Waals surface area contributed by atoms with E-state index in [0.29, 0.717) is 0 Å². The van der Waals surface area contributed by atoms with Crippen molar-refractivity contribution in [1.82, 2.24) is 4.98 Å². The number of thioether (sulfide) groups is 1. The van der Waals surface area contributed by atoms with E-state index in [4.69, 9.17) is 0 Å². The Morgan fingerprint density at radius 1 is 1.45 bits per heavy atom. The molecule has 0 aliphatic carbocycles. The lowest BCUT2D eigenvalue weighted by atomic mass is 10.2. The van der Waals surface area contributed by atoms with Gasteiger partial charge in [0.2, 0.25) is 5.91 Å². The van der Waals surface area contributed by atoms with E-state index in [0.717, 1.165) is 35.1 Å². The Hall–Kier alpha value is -1.53. The molecule has 2 aromatic rings. The van der Waals surface area contributed by atoms with E-state index in [9.17, 15) is 4.79 Å². The van der Waals surface area contributed by atoms with Gasteiger partial charge < -0.3 is 9.80 Å². The van der Waals surface area contributed by atoms with Crippen LogP contribution in [0.2, 0.25) is 0 Å². The number of para-hydroxylation sites is 1. The van der Waals surface area contributed by atoms with E-state index < -0.39 is 0 Å². The zero-order valence-electron chi connectivity index (χ0n) is 12.7. The third kappa shape index (κ3) is 2.85. The Kier molecular flexibility index (Phi) is 4.69. The molecule has 1 aliphatic rings. The second kappa shape index (κ2) is 6.71. The van der Waals surface area contributed by atoms with E-state index in [1.54, 1.807) is 34.2 Å². The molecule has 0 N–H and O–H groups in total. The van der Waals surface area contributed by atoms with Gasteiger partial charge in [-0.3, -0.25) is 4.79 Å². The highest BCUT2D eigenvalue weighted by atomic mass is 32.2. The van der Waals surface area contributed by atoms with Crippen LogP contribution in [-0.4, -0.2) is 36.8 Å². The van der Waals surface area contributed by atoms with Gasteiger partial charge in [0.25, 0.3) is 0 Å². The first-order valence-corrected chi connectivity index (χ1v) is 9.39. The third-order valence-corrected chi connectivity index (χ3v) is 5.57. The smallest absolute Gasteiger partial charge is 0.249 e. The van der Waals surface area contributed by atoms with Crippen molar-refractivity contribution < 1.29 is 4.79 Å². The lowest BCUT2D eigenvalue weighted by Gasteiger charge is -2.28. The number of thiazole rings is 1. The van der Waals surface area contributed by atoms with Crippen LogP contribution in [0.15, 0.2) is 40.7 Å². The zero-order chi connectivity index (χ0) is 15.5. The van der Waals surface area contributed by atoms with Gasteiger partial charge in [-0.05, 0) is 31.2 Å². The number of carbonyl (C=O) groups is 1. The summed E-state index contributed by atoms with van der Waals surface area (Å²) in [6, 6.07) is 7.94. The van der Waals surface area contributed by atoms with Gasteiger partial charge >= 0.3 is 0 Å². The number of nitrogens with zero attached hydrogens (tertiary/aromatic N) is 3. The molecule has 1 aromatic carbocycles. The predicted octanol–water partition coefficient (Wildman–Crippen LogP) is 3.50. The Morgan fingerprint density at radius 2 is 2.27 bits per heavy atom. The first kappa shape index (κ1) is 15.4. The summed E-state index contributed by atoms with van der Waals surface area (Å²) < 4.78 is 0. The standard InChI is InChI=1S/C16H19N3OS2/c1-18(12-6-3-4-8-14(12)21-2)15(20)13-7-5-10-19(13)16-17-9-11-22-16/h3-4,6,8-9,11,13H,5,7,10H2,1-2H3. The maximum absolute atomic E-state index is 13.0. The average molecular weight is 333 g/mol. The van der Waals surface area contributed by atoms with Crippen LogP contribution < -0.4 is 9.80 Å². The summed E-state index contributed by atoms with van der Waals surface area (Å²) in [6.07, 6.45) is 5.76. The summed E-state index contributed by atoms with van der Waals surface area (Å²) in [5.74, 6) is 0.147. The Balaban J connectivity index is 1.83. The molecule has 0 saturated carbocycles. The molecule has 1 aromatic heterocycles. The quantitative estimate of drug-likeness (QED) is 0.803. The lowest BCUT2D eigenvalue weighted by Crippen LogP contribution is -2.44. The fourth-order valence-electron chi connectivity index (χ4n) is 2.86. The van der Waals surface area contributed by atoms with E-state index >= 15 is 0 Å². The fraction of sp³-hybridized carbons (Fsp3) is 0.375. The molecule has 0 spiro atoms. The topological polar surface area (TPSA) is 36.4 Å². The Morgan fingerprint density at radius 3 is 3.00 bits per heavy atom. The molecule has 22 heavy (non-hydrogen) atoms. The maximum atomic E-state index is 13.0. The second-order valence-corrected chi connectivity index (χ2v) is 6.96. The van der Waals surface area contributed by atoms with Crippen molar-refractivity contribution in [3.8, 4) is 0 Å². The average Bonchev–Trinajstić information content (AvgIpc) is 3.23. The molecule has 1 amide bonds. The SMILES string of the molecule is CSc1ccccc1N(C)C(=O)C1CCCN1c1nccs1. The van der Waals surface area contributed by atoms with Crippen LogP contribution in [0.3, 0.4) is 0 Å². The van der Waals surface area contributed by atoms with Crippen molar-refractivity contribution in [2.24, 2.45) is 0 Å². The molecule has 1 aliphatic heterocycles. The highest BCUT2D eigenvalue weighted by molar-refractivity contribution is 7.98. The van der Waals surface area contributed by atoms with Gasteiger partial charge in [0.05, 0.1) is 5.69 Å². The van der Waals surface area contributed by atoms with Gasteiger partial charge in [-0.15, -0.1) is 23.1 Å². The van der Waals surface area contributed by atoms with E-state index in [1.165, 1.54) is 0 Å². The summed E-state index contributed by atoms with van der Waals surface area (Å²) in [6.45, 7) is 0.905. The van der Waals surface area contributed by atoms with Crippen LogP contribution in [0.25, 0.3) is 0 Å². The molecular weight excluding hydrogens is 314 g/mol. The van der Waals surface area contributed by atoms with Gasteiger partial charge in [-0.25, -0.2) is 4.98 Å². The number of benzene rings is 1. The number of likely N-dealkylation sites (N-methyl/N-ethyl adjacent to an activating group) is 1. The molecule has 3 rings (SSSR count). The number of rotatable bonds is 4. The lowest BCUT2D eigenvalue weighted by molar-refractivity contribution is -0.119. The number of hydrogen-bond donors (Lipinski definition) is 0. The van der Waals surface area contributed by atoms with E-state index in [2.05, 4.69) is 16.0 Å². The summed E-state index contributed by atoms with van der Waals surface area (Å²) in [5.41, 5.74) is 0.978. The summed E-state index contributed by atoms with van der Waals surface area (Å²) in [5, 5.41) is 2.91. The molecular formula is C16H19N3OS2. The Bertz CT molecular complexity index is 645. The number of amides is 1. The van der Waals surface area contributed by atoms with Crippen molar-refractivity contribution in [2.45, 2.75) is 23.8 Å². The zero-order valence-corrected chi connectivity index (χ0v) is 14.4. The molecule has 1 fully saturated rings. The molecule has 116 valence electrons. The second-order valence-electron chi connectivity index (χ2n) is 5.24. The molecule has 1 unspecified atom stereocenters. The van der Waals surface area contributed by atoms with Crippen molar-refractivity contribution >= 4 is 39.8 Å². The van der Waals surface area contributed by atoms with Gasteiger partial charge in [0.1, 0.15) is 6.04 Å². The first-order chi connectivity index (χ1) is 10.7. The predicted molar refractivity (Wildman–Crippen MR) is 94.1 cm³/mol.